The SMILES string of the molecule is CNC(c1cccc(C)c1)c1ccoc1Cl. The highest BCUT2D eigenvalue weighted by Crippen LogP contribution is 2.29. The topological polar surface area (TPSA) is 25.2 Å². The van der Waals surface area contributed by atoms with Crippen LogP contribution in [0.5, 0.6) is 0 Å². The molecule has 0 saturated heterocycles. The first kappa shape index (κ1) is 11.2. The van der Waals surface area contributed by atoms with E-state index in [4.69, 9.17) is 16.0 Å². The number of nitrogens with one attached hydrogen (secondary N) is 1. The van der Waals surface area contributed by atoms with Crippen molar-refractivity contribution in [1.82, 2.24) is 5.32 Å². The van der Waals surface area contributed by atoms with Crippen LogP contribution in [0, 0.1) is 6.92 Å². The van der Waals surface area contributed by atoms with Gasteiger partial charge in [0.1, 0.15) is 0 Å². The Bertz CT molecular complexity index is 478. The van der Waals surface area contributed by atoms with Crippen LogP contribution in [0.2, 0.25) is 5.22 Å². The maximum Gasteiger partial charge on any atom is 0.198 e. The number of halogens is 1. The lowest BCUT2D eigenvalue weighted by atomic mass is 10.00. The van der Waals surface area contributed by atoms with Crippen molar-refractivity contribution in [2.24, 2.45) is 0 Å². The molecular formula is C13H14ClNO. The average Bonchev–Trinajstić information content (AvgIpc) is 2.67. The highest BCUT2D eigenvalue weighted by atomic mass is 35.5. The normalized spacial score (nSPS) is 12.7. The smallest absolute Gasteiger partial charge is 0.198 e. The van der Waals surface area contributed by atoms with Crippen LogP contribution in [0.25, 0.3) is 0 Å². The van der Waals surface area contributed by atoms with Crippen molar-refractivity contribution in [3.63, 3.8) is 0 Å². The molecule has 0 aliphatic rings. The zero-order valence-corrected chi connectivity index (χ0v) is 10.1. The fourth-order valence-electron chi connectivity index (χ4n) is 1.86. The largest absolute Gasteiger partial charge is 0.453 e. The minimum absolute atomic E-state index is 0.0751. The Labute approximate surface area is 100 Å². The van der Waals surface area contributed by atoms with Crippen molar-refractivity contribution in [2.45, 2.75) is 13.0 Å². The first-order chi connectivity index (χ1) is 7.72. The summed E-state index contributed by atoms with van der Waals surface area (Å²) in [4.78, 5) is 0. The Morgan fingerprint density at radius 1 is 1.31 bits per heavy atom. The highest BCUT2D eigenvalue weighted by Gasteiger charge is 2.16. The quantitative estimate of drug-likeness (QED) is 0.880. The molecule has 1 aromatic heterocycles. The summed E-state index contributed by atoms with van der Waals surface area (Å²) in [6, 6.07) is 10.3. The van der Waals surface area contributed by atoms with Crippen molar-refractivity contribution in [2.75, 3.05) is 7.05 Å². The third-order valence-electron chi connectivity index (χ3n) is 2.62. The Balaban J connectivity index is 2.40. The van der Waals surface area contributed by atoms with E-state index >= 15 is 0 Å². The van der Waals surface area contributed by atoms with Gasteiger partial charge in [-0.25, -0.2) is 0 Å². The van der Waals surface area contributed by atoms with Crippen LogP contribution < -0.4 is 5.32 Å². The lowest BCUT2D eigenvalue weighted by Crippen LogP contribution is -2.17. The molecule has 1 unspecified atom stereocenters. The molecule has 2 nitrogen and oxygen atoms in total. The van der Waals surface area contributed by atoms with Gasteiger partial charge in [-0.3, -0.25) is 0 Å². The Kier molecular flexibility index (Phi) is 3.32. The maximum atomic E-state index is 6.00. The molecule has 0 spiro atoms. The van der Waals surface area contributed by atoms with E-state index in [2.05, 4.69) is 30.4 Å². The predicted octanol–water partition coefficient (Wildman–Crippen LogP) is 3.55. The summed E-state index contributed by atoms with van der Waals surface area (Å²) >= 11 is 6.00. The van der Waals surface area contributed by atoms with Crippen molar-refractivity contribution in [3.8, 4) is 0 Å². The molecule has 2 rings (SSSR count). The van der Waals surface area contributed by atoms with E-state index in [0.29, 0.717) is 5.22 Å². The van der Waals surface area contributed by atoms with Crippen LogP contribution >= 0.6 is 11.6 Å². The summed E-state index contributed by atoms with van der Waals surface area (Å²) in [5, 5.41) is 3.69. The number of hydrogen-bond donors (Lipinski definition) is 1. The monoisotopic (exact) mass is 235 g/mol. The summed E-state index contributed by atoms with van der Waals surface area (Å²) in [6.45, 7) is 2.08. The van der Waals surface area contributed by atoms with E-state index < -0.39 is 0 Å². The number of benzene rings is 1. The van der Waals surface area contributed by atoms with Gasteiger partial charge in [0.15, 0.2) is 5.22 Å². The van der Waals surface area contributed by atoms with Gasteiger partial charge >= 0.3 is 0 Å². The second kappa shape index (κ2) is 4.73. The summed E-state index contributed by atoms with van der Waals surface area (Å²) in [6.07, 6.45) is 1.61. The zero-order chi connectivity index (χ0) is 11.5. The van der Waals surface area contributed by atoms with E-state index in [1.165, 1.54) is 11.1 Å². The van der Waals surface area contributed by atoms with Gasteiger partial charge in [0.2, 0.25) is 0 Å². The van der Waals surface area contributed by atoms with Crippen LogP contribution in [0.1, 0.15) is 22.7 Å². The predicted molar refractivity (Wildman–Crippen MR) is 65.8 cm³/mol. The molecular weight excluding hydrogens is 222 g/mol. The Morgan fingerprint density at radius 3 is 2.69 bits per heavy atom. The van der Waals surface area contributed by atoms with Crippen molar-refractivity contribution in [1.29, 1.82) is 0 Å². The molecule has 0 fully saturated rings. The van der Waals surface area contributed by atoms with Crippen molar-refractivity contribution >= 4 is 11.6 Å². The molecule has 0 aliphatic carbocycles. The van der Waals surface area contributed by atoms with Crippen molar-refractivity contribution in [3.05, 3.63) is 58.5 Å². The minimum Gasteiger partial charge on any atom is -0.453 e. The van der Waals surface area contributed by atoms with E-state index in [0.717, 1.165) is 5.56 Å². The summed E-state index contributed by atoms with van der Waals surface area (Å²) in [7, 11) is 1.91. The van der Waals surface area contributed by atoms with Gasteiger partial charge in [-0.2, -0.15) is 0 Å². The van der Waals surface area contributed by atoms with Crippen LogP contribution in [0.4, 0.5) is 0 Å². The number of furan rings is 1. The highest BCUT2D eigenvalue weighted by molar-refractivity contribution is 6.29. The summed E-state index contributed by atoms with van der Waals surface area (Å²) < 4.78 is 5.12. The standard InChI is InChI=1S/C13H14ClNO/c1-9-4-3-5-10(8-9)12(15-2)11-6-7-16-13(11)14/h3-8,12,15H,1-2H3. The molecule has 16 heavy (non-hydrogen) atoms. The van der Waals surface area contributed by atoms with Crippen LogP contribution in [-0.4, -0.2) is 7.05 Å². The Hall–Kier alpha value is -1.25. The minimum atomic E-state index is 0.0751. The molecule has 1 heterocycles. The van der Waals surface area contributed by atoms with Crippen LogP contribution in [0.3, 0.4) is 0 Å². The molecule has 84 valence electrons. The van der Waals surface area contributed by atoms with E-state index in [1.54, 1.807) is 6.26 Å². The van der Waals surface area contributed by atoms with Gasteiger partial charge in [-0.1, -0.05) is 29.8 Å². The fraction of sp³-hybridized carbons (Fsp3) is 0.231. The molecule has 0 saturated carbocycles. The van der Waals surface area contributed by atoms with Gasteiger partial charge < -0.3 is 9.73 Å². The van der Waals surface area contributed by atoms with Gasteiger partial charge in [0, 0.05) is 5.56 Å². The molecule has 0 radical (unpaired) electrons. The molecule has 0 aliphatic heterocycles. The first-order valence-corrected chi connectivity index (χ1v) is 5.57. The van der Waals surface area contributed by atoms with E-state index in [9.17, 15) is 0 Å². The molecule has 1 aromatic carbocycles. The van der Waals surface area contributed by atoms with Gasteiger partial charge in [-0.15, -0.1) is 0 Å². The molecule has 1 atom stereocenters. The fourth-order valence-corrected chi connectivity index (χ4v) is 2.09. The molecule has 0 bridgehead atoms. The first-order valence-electron chi connectivity index (χ1n) is 5.19. The number of aryl methyl sites for hydroxylation is 1. The summed E-state index contributed by atoms with van der Waals surface area (Å²) in [5.74, 6) is 0. The Morgan fingerprint density at radius 2 is 2.12 bits per heavy atom. The average molecular weight is 236 g/mol. The lowest BCUT2D eigenvalue weighted by molar-refractivity contribution is 0.559. The number of rotatable bonds is 3. The summed E-state index contributed by atoms with van der Waals surface area (Å²) in [5.41, 5.74) is 3.39. The van der Waals surface area contributed by atoms with E-state index in [1.807, 2.05) is 19.2 Å². The lowest BCUT2D eigenvalue weighted by Gasteiger charge is -2.15. The van der Waals surface area contributed by atoms with Gasteiger partial charge in [0.25, 0.3) is 0 Å². The van der Waals surface area contributed by atoms with Crippen LogP contribution in [0.15, 0.2) is 41.0 Å². The third-order valence-corrected chi connectivity index (χ3v) is 2.93. The van der Waals surface area contributed by atoms with E-state index in [-0.39, 0.29) is 6.04 Å². The third kappa shape index (κ3) is 2.13. The molecule has 3 heteroatoms. The molecule has 0 amide bonds. The van der Waals surface area contributed by atoms with Crippen molar-refractivity contribution < 1.29 is 4.42 Å². The van der Waals surface area contributed by atoms with Gasteiger partial charge in [0.05, 0.1) is 12.3 Å². The zero-order valence-electron chi connectivity index (χ0n) is 9.33. The van der Waals surface area contributed by atoms with Gasteiger partial charge in [-0.05, 0) is 37.2 Å². The maximum absolute atomic E-state index is 6.00. The second-order valence-corrected chi connectivity index (χ2v) is 4.13. The molecule has 2 aromatic rings. The second-order valence-electron chi connectivity index (χ2n) is 3.79. The number of hydrogen-bond acceptors (Lipinski definition) is 2. The molecule has 1 N–H and O–H groups in total. The van der Waals surface area contributed by atoms with Crippen LogP contribution in [-0.2, 0) is 0 Å².